The van der Waals surface area contributed by atoms with Crippen molar-refractivity contribution in [1.82, 2.24) is 10.2 Å². The minimum Gasteiger partial charge on any atom is -0.467 e. The highest BCUT2D eigenvalue weighted by atomic mass is 16.5. The van der Waals surface area contributed by atoms with E-state index in [1.165, 1.54) is 14.0 Å². The van der Waals surface area contributed by atoms with Gasteiger partial charge in [-0.1, -0.05) is 58.0 Å². The molecular weight excluding hydrogens is 398 g/mol. The highest BCUT2D eigenvalue weighted by Crippen LogP contribution is 2.16. The van der Waals surface area contributed by atoms with Gasteiger partial charge in [-0.05, 0) is 23.8 Å². The van der Waals surface area contributed by atoms with Crippen LogP contribution in [0.2, 0.25) is 0 Å². The van der Waals surface area contributed by atoms with Crippen molar-refractivity contribution in [3.05, 3.63) is 35.9 Å². The molecule has 0 bridgehead atoms. The molecule has 8 nitrogen and oxygen atoms in total. The van der Waals surface area contributed by atoms with Crippen LogP contribution in [0.1, 0.15) is 46.6 Å². The number of rotatable bonds is 10. The monoisotopic (exact) mass is 433 g/mol. The maximum atomic E-state index is 13.2. The smallest absolute Gasteiger partial charge is 0.328 e. The summed E-state index contributed by atoms with van der Waals surface area (Å²) in [7, 11) is 1.24. The summed E-state index contributed by atoms with van der Waals surface area (Å²) in [5, 5.41) is 2.67. The highest BCUT2D eigenvalue weighted by molar-refractivity contribution is 6.02. The van der Waals surface area contributed by atoms with Crippen LogP contribution in [0.25, 0.3) is 0 Å². The lowest BCUT2D eigenvalue weighted by Crippen LogP contribution is -2.60. The van der Waals surface area contributed by atoms with E-state index in [1.54, 1.807) is 13.8 Å². The number of esters is 1. The Morgan fingerprint density at radius 1 is 1.06 bits per heavy atom. The molecule has 31 heavy (non-hydrogen) atoms. The molecule has 0 unspecified atom stereocenters. The molecule has 3 amide bonds. The van der Waals surface area contributed by atoms with E-state index in [0.29, 0.717) is 6.42 Å². The number of carbonyl (C=O) groups is 4. The molecule has 0 aliphatic heterocycles. The molecule has 0 fully saturated rings. The van der Waals surface area contributed by atoms with Crippen molar-refractivity contribution >= 4 is 23.7 Å². The van der Waals surface area contributed by atoms with Crippen LogP contribution >= 0.6 is 0 Å². The Bertz CT molecular complexity index is 764. The number of hydrogen-bond donors (Lipinski definition) is 2. The molecule has 0 aliphatic rings. The molecule has 0 saturated heterocycles. The SMILES string of the molecule is COC(=O)[C@H](Cc1ccccc1)NC(=O)[C@H](C(C)C)N(C(C)=O)C(=O)[C@@H](N)CC(C)C. The van der Waals surface area contributed by atoms with Crippen LogP contribution in [-0.2, 0) is 30.3 Å². The van der Waals surface area contributed by atoms with E-state index < -0.39 is 47.7 Å². The number of ether oxygens (including phenoxy) is 1. The first-order valence-electron chi connectivity index (χ1n) is 10.5. The van der Waals surface area contributed by atoms with Crippen molar-refractivity contribution in [3.63, 3.8) is 0 Å². The van der Waals surface area contributed by atoms with Gasteiger partial charge in [0, 0.05) is 13.3 Å². The molecule has 3 N–H and O–H groups in total. The molecule has 1 rings (SSSR count). The number of hydrogen-bond acceptors (Lipinski definition) is 6. The lowest BCUT2D eigenvalue weighted by Gasteiger charge is -2.33. The number of nitrogens with one attached hydrogen (secondary N) is 1. The minimum atomic E-state index is -1.11. The third kappa shape index (κ3) is 7.79. The van der Waals surface area contributed by atoms with Gasteiger partial charge >= 0.3 is 5.97 Å². The van der Waals surface area contributed by atoms with Crippen molar-refractivity contribution in [1.29, 1.82) is 0 Å². The highest BCUT2D eigenvalue weighted by Gasteiger charge is 2.39. The van der Waals surface area contributed by atoms with Gasteiger partial charge in [0.15, 0.2) is 0 Å². The van der Waals surface area contributed by atoms with Crippen LogP contribution in [0.4, 0.5) is 0 Å². The summed E-state index contributed by atoms with van der Waals surface area (Å²) in [5.41, 5.74) is 6.85. The van der Waals surface area contributed by atoms with Gasteiger partial charge in [0.1, 0.15) is 12.1 Å². The second kappa shape index (κ2) is 12.2. The van der Waals surface area contributed by atoms with Gasteiger partial charge in [0.05, 0.1) is 13.2 Å². The Kier molecular flexibility index (Phi) is 10.3. The van der Waals surface area contributed by atoms with Gasteiger partial charge in [-0.15, -0.1) is 0 Å². The number of benzene rings is 1. The minimum absolute atomic E-state index is 0.147. The lowest BCUT2D eigenvalue weighted by molar-refractivity contribution is -0.154. The first kappa shape index (κ1) is 26.3. The summed E-state index contributed by atoms with van der Waals surface area (Å²) < 4.78 is 4.84. The first-order chi connectivity index (χ1) is 14.5. The zero-order valence-electron chi connectivity index (χ0n) is 19.3. The van der Waals surface area contributed by atoms with E-state index in [1.807, 2.05) is 44.2 Å². The topological polar surface area (TPSA) is 119 Å². The molecule has 1 aromatic rings. The van der Waals surface area contributed by atoms with Gasteiger partial charge in [-0.3, -0.25) is 19.3 Å². The average Bonchev–Trinajstić information content (AvgIpc) is 2.69. The fourth-order valence-corrected chi connectivity index (χ4v) is 3.44. The second-order valence-corrected chi connectivity index (χ2v) is 8.43. The van der Waals surface area contributed by atoms with E-state index in [9.17, 15) is 19.2 Å². The number of methoxy groups -OCH3 is 1. The Balaban J connectivity index is 3.16. The van der Waals surface area contributed by atoms with Gasteiger partial charge in [-0.2, -0.15) is 0 Å². The quantitative estimate of drug-likeness (QED) is 0.542. The molecule has 3 atom stereocenters. The zero-order chi connectivity index (χ0) is 23.7. The Labute approximate surface area is 184 Å². The third-order valence-electron chi connectivity index (χ3n) is 4.88. The molecule has 1 aromatic carbocycles. The Morgan fingerprint density at radius 2 is 1.65 bits per heavy atom. The summed E-state index contributed by atoms with van der Waals surface area (Å²) in [5.74, 6) is -2.65. The average molecular weight is 434 g/mol. The molecular formula is C23H35N3O5. The van der Waals surface area contributed by atoms with Crippen molar-refractivity contribution in [2.75, 3.05) is 7.11 Å². The van der Waals surface area contributed by atoms with E-state index in [2.05, 4.69) is 5.32 Å². The third-order valence-corrected chi connectivity index (χ3v) is 4.88. The lowest BCUT2D eigenvalue weighted by atomic mass is 9.97. The predicted molar refractivity (Wildman–Crippen MR) is 118 cm³/mol. The standard InChI is InChI=1S/C23H35N3O5/c1-14(2)12-18(24)22(29)26(16(5)27)20(15(3)4)21(28)25-19(23(30)31-6)13-17-10-8-7-9-11-17/h7-11,14-15,18-20H,12-13,24H2,1-6H3,(H,25,28)/t18-,19-,20-/m0/s1. The molecule has 8 heteroatoms. The Morgan fingerprint density at radius 3 is 2.10 bits per heavy atom. The summed E-state index contributed by atoms with van der Waals surface area (Å²) in [6, 6.07) is 6.19. The zero-order valence-corrected chi connectivity index (χ0v) is 19.3. The molecule has 172 valence electrons. The van der Waals surface area contributed by atoms with Crippen molar-refractivity contribution in [2.45, 2.75) is 65.6 Å². The molecule has 0 heterocycles. The number of amides is 3. The summed E-state index contributed by atoms with van der Waals surface area (Å²) >= 11 is 0. The molecule has 0 saturated carbocycles. The normalized spacial score (nSPS) is 14.0. The first-order valence-corrected chi connectivity index (χ1v) is 10.5. The van der Waals surface area contributed by atoms with Crippen LogP contribution in [0.5, 0.6) is 0 Å². The number of nitrogens with zero attached hydrogens (tertiary/aromatic N) is 1. The number of carbonyl (C=O) groups excluding carboxylic acids is 4. The van der Waals surface area contributed by atoms with Gasteiger partial charge < -0.3 is 15.8 Å². The van der Waals surface area contributed by atoms with E-state index in [4.69, 9.17) is 10.5 Å². The summed E-state index contributed by atoms with van der Waals surface area (Å²) in [4.78, 5) is 51.7. The number of imide groups is 1. The van der Waals surface area contributed by atoms with E-state index in [0.717, 1.165) is 10.5 Å². The summed E-state index contributed by atoms with van der Waals surface area (Å²) in [6.45, 7) is 8.52. The predicted octanol–water partition coefficient (Wildman–Crippen LogP) is 1.66. The fourth-order valence-electron chi connectivity index (χ4n) is 3.44. The largest absolute Gasteiger partial charge is 0.467 e. The second-order valence-electron chi connectivity index (χ2n) is 8.43. The van der Waals surface area contributed by atoms with Crippen molar-refractivity contribution in [2.24, 2.45) is 17.6 Å². The van der Waals surface area contributed by atoms with Crippen LogP contribution < -0.4 is 11.1 Å². The van der Waals surface area contributed by atoms with Crippen molar-refractivity contribution in [3.8, 4) is 0 Å². The van der Waals surface area contributed by atoms with Crippen LogP contribution in [-0.4, -0.2) is 53.8 Å². The van der Waals surface area contributed by atoms with E-state index >= 15 is 0 Å². The van der Waals surface area contributed by atoms with Gasteiger partial charge in [0.25, 0.3) is 0 Å². The number of nitrogens with two attached hydrogens (primary N) is 1. The van der Waals surface area contributed by atoms with Crippen molar-refractivity contribution < 1.29 is 23.9 Å². The molecule has 0 aromatic heterocycles. The van der Waals surface area contributed by atoms with Crippen LogP contribution in [0, 0.1) is 11.8 Å². The molecule has 0 spiro atoms. The summed E-state index contributed by atoms with van der Waals surface area (Å²) in [6.07, 6.45) is 0.596. The van der Waals surface area contributed by atoms with Gasteiger partial charge in [0.2, 0.25) is 17.7 Å². The van der Waals surface area contributed by atoms with Crippen LogP contribution in [0.15, 0.2) is 30.3 Å². The Hall–Kier alpha value is -2.74. The van der Waals surface area contributed by atoms with Crippen LogP contribution in [0.3, 0.4) is 0 Å². The maximum absolute atomic E-state index is 13.2. The van der Waals surface area contributed by atoms with E-state index in [-0.39, 0.29) is 12.3 Å². The fraction of sp³-hybridized carbons (Fsp3) is 0.565. The maximum Gasteiger partial charge on any atom is 0.328 e. The molecule has 0 radical (unpaired) electrons. The molecule has 0 aliphatic carbocycles. The van der Waals surface area contributed by atoms with Gasteiger partial charge in [-0.25, -0.2) is 4.79 Å².